The minimum absolute atomic E-state index is 0.0478. The monoisotopic (exact) mass is 818 g/mol. The van der Waals surface area contributed by atoms with E-state index in [0.717, 1.165) is 0 Å². The van der Waals surface area contributed by atoms with Gasteiger partial charge in [0.25, 0.3) is 11.4 Å². The minimum Gasteiger partial charge on any atom is -0.482 e. The van der Waals surface area contributed by atoms with Crippen LogP contribution in [0.1, 0.15) is 22.3 Å². The number of non-ortho nitro benzene ring substituents is 2. The first-order chi connectivity index (χ1) is 26.6. The minimum atomic E-state index is -1.20. The summed E-state index contributed by atoms with van der Waals surface area (Å²) in [5.41, 5.74) is 1.42. The van der Waals surface area contributed by atoms with Crippen molar-refractivity contribution in [2.24, 2.45) is 0 Å². The number of nitro groups is 2. The molecule has 0 amide bonds. The fourth-order valence-electron chi connectivity index (χ4n) is 4.65. The zero-order chi connectivity index (χ0) is 41.4. The van der Waals surface area contributed by atoms with Gasteiger partial charge in [0.05, 0.1) is 24.1 Å². The Hall–Kier alpha value is -6.66. The molecule has 0 aliphatic heterocycles. The van der Waals surface area contributed by atoms with Crippen LogP contribution in [-0.4, -0.2) is 84.6 Å². The number of carboxylic acids is 2. The average Bonchev–Trinajstić information content (AvgIpc) is 3.15. The Kier molecular flexibility index (Phi) is 16.6. The van der Waals surface area contributed by atoms with Gasteiger partial charge in [0.1, 0.15) is 23.0 Å². The van der Waals surface area contributed by atoms with E-state index in [1.807, 2.05) is 0 Å². The van der Waals surface area contributed by atoms with Crippen LogP contribution in [-0.2, 0) is 41.5 Å². The molecular formula is C36H32Cl2N2O16. The molecule has 0 spiro atoms. The highest BCUT2D eigenvalue weighted by Crippen LogP contribution is 2.33. The number of halogens is 2. The summed E-state index contributed by atoms with van der Waals surface area (Å²) >= 11 is 12.0. The van der Waals surface area contributed by atoms with Crippen molar-refractivity contribution in [2.75, 3.05) is 40.6 Å². The molecule has 0 unspecified atom stereocenters. The van der Waals surface area contributed by atoms with Gasteiger partial charge in [-0.15, -0.1) is 0 Å². The lowest BCUT2D eigenvalue weighted by Crippen LogP contribution is -2.14. The van der Waals surface area contributed by atoms with E-state index in [0.29, 0.717) is 38.0 Å². The van der Waals surface area contributed by atoms with E-state index >= 15 is 0 Å². The maximum atomic E-state index is 11.4. The molecule has 0 aliphatic carbocycles. The fraction of sp³-hybridized carbons (Fsp3) is 0.222. The molecule has 56 heavy (non-hydrogen) atoms. The van der Waals surface area contributed by atoms with E-state index < -0.39 is 46.9 Å². The molecule has 20 heteroatoms. The maximum Gasteiger partial charge on any atom is 0.343 e. The third kappa shape index (κ3) is 14.0. The van der Waals surface area contributed by atoms with Crippen molar-refractivity contribution in [3.05, 3.63) is 125 Å². The molecule has 18 nitrogen and oxygen atoms in total. The molecule has 4 rings (SSSR count). The second kappa shape index (κ2) is 21.3. The zero-order valence-corrected chi connectivity index (χ0v) is 30.9. The Morgan fingerprint density at radius 3 is 1.14 bits per heavy atom. The number of nitro benzene ring substituents is 2. The number of aliphatic carboxylic acids is 2. The van der Waals surface area contributed by atoms with Crippen LogP contribution < -0.4 is 18.9 Å². The van der Waals surface area contributed by atoms with Crippen LogP contribution in [0.4, 0.5) is 11.4 Å². The smallest absolute Gasteiger partial charge is 0.343 e. The number of ether oxygens (including phenoxy) is 6. The zero-order valence-electron chi connectivity index (χ0n) is 29.4. The summed E-state index contributed by atoms with van der Waals surface area (Å²) in [6.07, 6.45) is 0.182. The predicted octanol–water partition coefficient (Wildman–Crippen LogP) is 5.71. The summed E-state index contributed by atoms with van der Waals surface area (Å²) in [4.78, 5) is 65.3. The summed E-state index contributed by atoms with van der Waals surface area (Å²) in [7, 11) is 2.46. The van der Waals surface area contributed by atoms with Crippen molar-refractivity contribution < 1.29 is 67.7 Å². The SMILES string of the molecule is COC(=O)COc1ccc(Cl)cc1Cc1cc([N+](=O)[O-])ccc1OCC(=O)OC.O=C(O)COc1ccc(Cl)cc1Cc1cc([N+](=O)[O-])ccc1OCC(=O)O. The molecule has 0 aliphatic rings. The number of rotatable bonds is 18. The van der Waals surface area contributed by atoms with E-state index in [2.05, 4.69) is 9.47 Å². The standard InChI is InChI=1S/C19H18ClNO8.C17H14ClNO8/c1-26-18(22)10-28-16-5-3-14(20)8-12(16)7-13-9-15(21(24)25)4-6-17(13)29-11-19(23)27-2;18-12-1-3-14(26-8-16(20)21)10(6-12)5-11-7-13(19(24)25)2-4-15(11)27-9-17(22)23/h3-6,8-9H,7,10-11H2,1-2H3;1-4,6-7H,5,8-9H2,(H,20,21)(H,22,23). The van der Waals surface area contributed by atoms with Crippen LogP contribution in [0.25, 0.3) is 0 Å². The summed E-state index contributed by atoms with van der Waals surface area (Å²) < 4.78 is 30.4. The quantitative estimate of drug-likeness (QED) is 0.0693. The highest BCUT2D eigenvalue weighted by Gasteiger charge is 2.18. The molecule has 0 saturated carbocycles. The number of nitrogens with zero attached hydrogens (tertiary/aromatic N) is 2. The van der Waals surface area contributed by atoms with Gasteiger partial charge in [0.15, 0.2) is 26.4 Å². The molecule has 0 atom stereocenters. The topological polar surface area (TPSA) is 250 Å². The second-order valence-electron chi connectivity index (χ2n) is 11.1. The lowest BCUT2D eigenvalue weighted by molar-refractivity contribution is -0.385. The third-order valence-corrected chi connectivity index (χ3v) is 7.64. The van der Waals surface area contributed by atoms with Gasteiger partial charge in [-0.2, -0.15) is 0 Å². The summed E-state index contributed by atoms with van der Waals surface area (Å²) in [5, 5.41) is 40.5. The molecular weight excluding hydrogens is 787 g/mol. The van der Waals surface area contributed by atoms with Crippen LogP contribution in [0.3, 0.4) is 0 Å². The largest absolute Gasteiger partial charge is 0.482 e. The lowest BCUT2D eigenvalue weighted by atomic mass is 10.0. The van der Waals surface area contributed by atoms with Gasteiger partial charge in [-0.1, -0.05) is 23.2 Å². The van der Waals surface area contributed by atoms with E-state index in [1.54, 1.807) is 18.2 Å². The van der Waals surface area contributed by atoms with Crippen molar-refractivity contribution in [1.29, 1.82) is 0 Å². The fourth-order valence-corrected chi connectivity index (χ4v) is 5.04. The van der Waals surface area contributed by atoms with E-state index in [-0.39, 0.29) is 54.7 Å². The number of esters is 2. The Morgan fingerprint density at radius 2 is 0.839 bits per heavy atom. The second-order valence-corrected chi connectivity index (χ2v) is 11.9. The van der Waals surface area contributed by atoms with Crippen molar-refractivity contribution in [3.63, 3.8) is 0 Å². The third-order valence-electron chi connectivity index (χ3n) is 7.17. The van der Waals surface area contributed by atoms with Crippen LogP contribution in [0, 0.1) is 20.2 Å². The van der Waals surface area contributed by atoms with Crippen LogP contribution in [0.5, 0.6) is 23.0 Å². The average molecular weight is 820 g/mol. The highest BCUT2D eigenvalue weighted by molar-refractivity contribution is 6.31. The number of hydrogen-bond donors (Lipinski definition) is 2. The lowest BCUT2D eigenvalue weighted by Gasteiger charge is -2.14. The van der Waals surface area contributed by atoms with Gasteiger partial charge in [-0.25, -0.2) is 19.2 Å². The Morgan fingerprint density at radius 1 is 0.536 bits per heavy atom. The van der Waals surface area contributed by atoms with Gasteiger partial charge in [-0.05, 0) is 48.5 Å². The molecule has 0 radical (unpaired) electrons. The van der Waals surface area contributed by atoms with Crippen LogP contribution >= 0.6 is 23.2 Å². The molecule has 0 saturated heterocycles. The van der Waals surface area contributed by atoms with Gasteiger partial charge in [-0.3, -0.25) is 20.2 Å². The molecule has 0 aromatic heterocycles. The number of carboxylic acid groups (broad SMARTS) is 2. The predicted molar refractivity (Wildman–Crippen MR) is 196 cm³/mol. The van der Waals surface area contributed by atoms with E-state index in [1.165, 1.54) is 68.8 Å². The maximum absolute atomic E-state index is 11.4. The van der Waals surface area contributed by atoms with Crippen molar-refractivity contribution in [2.45, 2.75) is 12.8 Å². The number of hydrogen-bond acceptors (Lipinski definition) is 14. The number of benzene rings is 4. The molecule has 0 heterocycles. The van der Waals surface area contributed by atoms with Gasteiger partial charge in [0.2, 0.25) is 0 Å². The highest BCUT2D eigenvalue weighted by atomic mass is 35.5. The summed E-state index contributed by atoms with van der Waals surface area (Å²) in [5.74, 6) is -2.54. The summed E-state index contributed by atoms with van der Waals surface area (Å²) in [6.45, 7) is -1.87. The van der Waals surface area contributed by atoms with Gasteiger partial charge in [0, 0.05) is 69.4 Å². The van der Waals surface area contributed by atoms with Crippen LogP contribution in [0.15, 0.2) is 72.8 Å². The molecule has 0 bridgehead atoms. The van der Waals surface area contributed by atoms with Gasteiger partial charge < -0.3 is 38.6 Å². The molecule has 0 fully saturated rings. The van der Waals surface area contributed by atoms with E-state index in [4.69, 9.17) is 52.4 Å². The normalized spacial score (nSPS) is 10.2. The Balaban J connectivity index is 0.000000301. The van der Waals surface area contributed by atoms with Crippen molar-refractivity contribution in [1.82, 2.24) is 0 Å². The Bertz CT molecular complexity index is 2090. The van der Waals surface area contributed by atoms with Crippen molar-refractivity contribution in [3.8, 4) is 23.0 Å². The van der Waals surface area contributed by atoms with Crippen LogP contribution in [0.2, 0.25) is 10.0 Å². The first-order valence-electron chi connectivity index (χ1n) is 15.8. The first kappa shape index (κ1) is 43.7. The molecule has 296 valence electrons. The Labute approximate surface area is 327 Å². The van der Waals surface area contributed by atoms with Gasteiger partial charge >= 0.3 is 23.9 Å². The summed E-state index contributed by atoms with van der Waals surface area (Å²) in [6, 6.07) is 17.0. The first-order valence-corrected chi connectivity index (χ1v) is 16.6. The van der Waals surface area contributed by atoms with Crippen molar-refractivity contribution >= 4 is 58.5 Å². The number of carbonyl (C=O) groups is 4. The molecule has 4 aromatic rings. The number of methoxy groups -OCH3 is 2. The van der Waals surface area contributed by atoms with E-state index in [9.17, 15) is 39.4 Å². The molecule has 4 aromatic carbocycles. The number of carbonyl (C=O) groups excluding carboxylic acids is 2. The molecule has 2 N–H and O–H groups in total.